The summed E-state index contributed by atoms with van der Waals surface area (Å²) in [5, 5.41) is 18.9. The van der Waals surface area contributed by atoms with Crippen molar-refractivity contribution in [3.63, 3.8) is 0 Å². The number of thioether (sulfide) groups is 1. The van der Waals surface area contributed by atoms with Gasteiger partial charge in [0, 0.05) is 37.8 Å². The normalized spacial score (nSPS) is 13.6. The monoisotopic (exact) mass is 973 g/mol. The molecule has 3 rings (SSSR count). The van der Waals surface area contributed by atoms with Crippen molar-refractivity contribution in [2.45, 2.75) is 57.9 Å². The van der Waals surface area contributed by atoms with Crippen LogP contribution in [0.25, 0.3) is 0 Å². The first-order valence-corrected chi connectivity index (χ1v) is 23.6. The van der Waals surface area contributed by atoms with Crippen LogP contribution in [0.15, 0.2) is 42.5 Å². The van der Waals surface area contributed by atoms with Gasteiger partial charge in [-0.15, -0.1) is 0 Å². The van der Waals surface area contributed by atoms with Crippen LogP contribution >= 0.6 is 35.0 Å². The Morgan fingerprint density at radius 3 is 1.60 bits per heavy atom. The highest BCUT2D eigenvalue weighted by molar-refractivity contribution is 8.13. The van der Waals surface area contributed by atoms with E-state index in [-0.39, 0.29) is 58.5 Å². The molecule has 2 aromatic carbocycles. The molecule has 17 nitrogen and oxygen atoms in total. The Morgan fingerprint density at radius 1 is 0.677 bits per heavy atom. The molecular weight excluding hydrogens is 909 g/mol. The van der Waals surface area contributed by atoms with E-state index in [4.69, 9.17) is 61.1 Å². The number of ether oxygens (including phenoxy) is 8. The van der Waals surface area contributed by atoms with Crippen LogP contribution in [-0.4, -0.2) is 158 Å². The van der Waals surface area contributed by atoms with Gasteiger partial charge in [0.05, 0.1) is 127 Å². The lowest BCUT2D eigenvalue weighted by Gasteiger charge is -2.29. The zero-order valence-corrected chi connectivity index (χ0v) is 39.5. The Balaban J connectivity index is 1.15. The van der Waals surface area contributed by atoms with Crippen LogP contribution in [0.5, 0.6) is 0 Å². The number of carboxylic acid groups (broad SMARTS) is 1. The fourth-order valence-corrected chi connectivity index (χ4v) is 7.66. The predicted octanol–water partition coefficient (Wildman–Crippen LogP) is 5.23. The van der Waals surface area contributed by atoms with Gasteiger partial charge in [-0.3, -0.25) is 19.2 Å². The van der Waals surface area contributed by atoms with Crippen LogP contribution in [-0.2, 0) is 63.5 Å². The van der Waals surface area contributed by atoms with Gasteiger partial charge in [0.15, 0.2) is 5.12 Å². The first-order chi connectivity index (χ1) is 31.5. The second kappa shape index (κ2) is 34.0. The molecule has 364 valence electrons. The molecule has 0 aromatic heterocycles. The molecule has 1 aliphatic carbocycles. The number of hydrogen-bond acceptors (Lipinski definition) is 14. The highest BCUT2D eigenvalue weighted by atomic mass is 35.5. The maximum Gasteiger partial charge on any atom is 0.326 e. The largest absolute Gasteiger partial charge is 0.480 e. The number of benzene rings is 2. The summed E-state index contributed by atoms with van der Waals surface area (Å²) < 4.78 is 43.7. The second-order valence-corrected chi connectivity index (χ2v) is 17.0. The van der Waals surface area contributed by atoms with Gasteiger partial charge in [0.25, 0.3) is 5.91 Å². The molecule has 3 amide bonds. The third kappa shape index (κ3) is 24.3. The lowest BCUT2D eigenvalue weighted by atomic mass is 9.81. The standard InChI is InChI=1S/C45H65Cl2N3O14S/c1-34(51)65-32-31-64-30-29-63-28-27-62-26-25-61-24-23-60-22-21-59-20-19-58-18-17-57-16-11-40(52)48-15-14-45(12-2-3-13-45)44(56)50-39(43(54)55)33-35-7-9-36(10-8-35)49-42(53)41-37(46)5-4-6-38(41)47/h4-10,39H,2-3,11-33H2,1H3,(H,48,52)(H,49,53)(H,50,56)(H,54,55)/t39-/m0/s1. The number of halogens is 2. The molecular formula is C45H65Cl2N3O14S. The number of amides is 3. The molecule has 0 bridgehead atoms. The fourth-order valence-electron chi connectivity index (χ4n) is 6.60. The molecule has 20 heteroatoms. The van der Waals surface area contributed by atoms with Gasteiger partial charge in [-0.1, -0.05) is 66.0 Å². The van der Waals surface area contributed by atoms with E-state index in [1.54, 1.807) is 42.5 Å². The SMILES string of the molecule is CC(=O)SCCOCCOCCOCCOCCOCCOCCOCCOCCC(=O)NCCC1(C(=O)N[C@@H](Cc2ccc(NC(=O)c3c(Cl)cccc3Cl)cc2)C(=O)O)CCCC1. The topological polar surface area (TPSA) is 216 Å². The average molecular weight is 975 g/mol. The molecule has 1 saturated carbocycles. The smallest absolute Gasteiger partial charge is 0.326 e. The summed E-state index contributed by atoms with van der Waals surface area (Å²) in [6.07, 6.45) is 3.43. The molecule has 1 fully saturated rings. The number of nitrogens with one attached hydrogen (secondary N) is 3. The number of aliphatic carboxylic acids is 1. The predicted molar refractivity (Wildman–Crippen MR) is 247 cm³/mol. The van der Waals surface area contributed by atoms with Crippen molar-refractivity contribution >= 4 is 69.5 Å². The lowest BCUT2D eigenvalue weighted by molar-refractivity contribution is -0.144. The fraction of sp³-hybridized carbons (Fsp3) is 0.622. The molecule has 0 radical (unpaired) electrons. The van der Waals surface area contributed by atoms with Crippen LogP contribution in [0, 0.1) is 5.41 Å². The van der Waals surface area contributed by atoms with Gasteiger partial charge in [-0.25, -0.2) is 4.79 Å². The van der Waals surface area contributed by atoms with Gasteiger partial charge in [-0.2, -0.15) is 0 Å². The molecule has 1 atom stereocenters. The molecule has 2 aromatic rings. The Labute approximate surface area is 395 Å². The molecule has 1 aliphatic rings. The van der Waals surface area contributed by atoms with E-state index in [0.29, 0.717) is 135 Å². The van der Waals surface area contributed by atoms with E-state index < -0.39 is 23.3 Å². The Hall–Kier alpha value is -3.40. The van der Waals surface area contributed by atoms with E-state index >= 15 is 0 Å². The van der Waals surface area contributed by atoms with Crippen LogP contribution in [0.3, 0.4) is 0 Å². The minimum absolute atomic E-state index is 0.0335. The van der Waals surface area contributed by atoms with Gasteiger partial charge in [0.1, 0.15) is 6.04 Å². The van der Waals surface area contributed by atoms with E-state index in [1.165, 1.54) is 18.7 Å². The van der Waals surface area contributed by atoms with Crippen LogP contribution < -0.4 is 16.0 Å². The Bertz CT molecular complexity index is 1680. The summed E-state index contributed by atoms with van der Waals surface area (Å²) in [5.74, 6) is -1.54. The van der Waals surface area contributed by atoms with Crippen LogP contribution in [0.4, 0.5) is 5.69 Å². The first kappa shape index (κ1) is 55.9. The summed E-state index contributed by atoms with van der Waals surface area (Å²) in [7, 11) is 0. The maximum absolute atomic E-state index is 13.6. The number of carbonyl (C=O) groups is 5. The molecule has 0 aliphatic heterocycles. The summed E-state index contributed by atoms with van der Waals surface area (Å²) in [6.45, 7) is 8.64. The van der Waals surface area contributed by atoms with Gasteiger partial charge < -0.3 is 59.0 Å². The van der Waals surface area contributed by atoms with Crippen molar-refractivity contribution in [3.8, 4) is 0 Å². The Kier molecular flexibility index (Phi) is 29.2. The number of hydrogen-bond donors (Lipinski definition) is 4. The van der Waals surface area contributed by atoms with E-state index in [0.717, 1.165) is 12.8 Å². The molecule has 0 saturated heterocycles. The molecule has 4 N–H and O–H groups in total. The van der Waals surface area contributed by atoms with E-state index in [2.05, 4.69) is 16.0 Å². The number of carbonyl (C=O) groups excluding carboxylic acids is 4. The third-order valence-corrected chi connectivity index (χ3v) is 11.4. The number of anilines is 1. The zero-order chi connectivity index (χ0) is 47.0. The Morgan fingerprint density at radius 2 is 1.14 bits per heavy atom. The van der Waals surface area contributed by atoms with Crippen LogP contribution in [0.2, 0.25) is 10.0 Å². The van der Waals surface area contributed by atoms with Crippen molar-refractivity contribution in [2.24, 2.45) is 5.41 Å². The first-order valence-electron chi connectivity index (χ1n) is 21.9. The van der Waals surface area contributed by atoms with Crippen molar-refractivity contribution in [1.29, 1.82) is 0 Å². The maximum atomic E-state index is 13.6. The van der Waals surface area contributed by atoms with Gasteiger partial charge in [0.2, 0.25) is 11.8 Å². The van der Waals surface area contributed by atoms with Gasteiger partial charge >= 0.3 is 5.97 Å². The zero-order valence-electron chi connectivity index (χ0n) is 37.2. The third-order valence-electron chi connectivity index (χ3n) is 10.0. The highest BCUT2D eigenvalue weighted by Gasteiger charge is 2.42. The van der Waals surface area contributed by atoms with E-state index in [9.17, 15) is 29.1 Å². The molecule has 0 heterocycles. The second-order valence-electron chi connectivity index (χ2n) is 14.9. The highest BCUT2D eigenvalue weighted by Crippen LogP contribution is 2.41. The summed E-state index contributed by atoms with van der Waals surface area (Å²) in [6, 6.07) is 10.2. The minimum Gasteiger partial charge on any atom is -0.480 e. The average Bonchev–Trinajstić information content (AvgIpc) is 3.76. The number of rotatable bonds is 37. The summed E-state index contributed by atoms with van der Waals surface area (Å²) >= 11 is 13.5. The van der Waals surface area contributed by atoms with Crippen molar-refractivity contribution in [1.82, 2.24) is 10.6 Å². The quantitative estimate of drug-likeness (QED) is 0.0639. The number of carboxylic acids is 1. The van der Waals surface area contributed by atoms with Crippen LogP contribution in [0.1, 0.15) is 61.4 Å². The van der Waals surface area contributed by atoms with E-state index in [1.807, 2.05) is 0 Å². The minimum atomic E-state index is -1.17. The lowest BCUT2D eigenvalue weighted by Crippen LogP contribution is -2.49. The van der Waals surface area contributed by atoms with Gasteiger partial charge in [-0.05, 0) is 49.1 Å². The molecule has 65 heavy (non-hydrogen) atoms. The molecule has 0 spiro atoms. The van der Waals surface area contributed by atoms with Crippen molar-refractivity contribution in [3.05, 3.63) is 63.6 Å². The summed E-state index contributed by atoms with van der Waals surface area (Å²) in [4.78, 5) is 61.9. The molecule has 0 unspecified atom stereocenters. The summed E-state index contributed by atoms with van der Waals surface area (Å²) in [5.41, 5.74) is 0.479. The van der Waals surface area contributed by atoms with Crippen molar-refractivity contribution < 1.29 is 67.0 Å². The van der Waals surface area contributed by atoms with Crippen molar-refractivity contribution in [2.75, 3.05) is 123 Å².